The minimum atomic E-state index is -0.556. The van der Waals surface area contributed by atoms with Crippen LogP contribution in [0.5, 0.6) is 0 Å². The number of nitrogens with zero attached hydrogens (tertiary/aromatic N) is 2. The molecule has 48 heavy (non-hydrogen) atoms. The van der Waals surface area contributed by atoms with Crippen LogP contribution in [-0.4, -0.2) is 127 Å². The lowest BCUT2D eigenvalue weighted by atomic mass is 10.0. The first kappa shape index (κ1) is 39.3. The van der Waals surface area contributed by atoms with Gasteiger partial charge in [0.15, 0.2) is 0 Å². The molecule has 0 aliphatic carbocycles. The summed E-state index contributed by atoms with van der Waals surface area (Å²) < 4.78 is 32.7. The van der Waals surface area contributed by atoms with Crippen molar-refractivity contribution in [3.63, 3.8) is 0 Å². The van der Waals surface area contributed by atoms with Gasteiger partial charge in [-0.15, -0.1) is 0 Å². The average Bonchev–Trinajstić information content (AvgIpc) is 3.12. The fourth-order valence-corrected chi connectivity index (χ4v) is 4.91. The zero-order valence-corrected chi connectivity index (χ0v) is 28.6. The third kappa shape index (κ3) is 18.4. The van der Waals surface area contributed by atoms with Crippen LogP contribution < -0.4 is 5.48 Å². The number of aryl methyl sites for hydroxylation is 2. The predicted molar refractivity (Wildman–Crippen MR) is 182 cm³/mol. The van der Waals surface area contributed by atoms with E-state index in [2.05, 4.69) is 46.8 Å². The van der Waals surface area contributed by atoms with Crippen molar-refractivity contribution in [3.05, 3.63) is 71.3 Å². The molecule has 0 saturated carbocycles. The number of benzene rings is 2. The molecule has 1 aliphatic rings. The molecule has 1 aliphatic heterocycles. The average molecular weight is 674 g/mol. The summed E-state index contributed by atoms with van der Waals surface area (Å²) >= 11 is 0. The Morgan fingerprint density at radius 3 is 1.62 bits per heavy atom. The highest BCUT2D eigenvalue weighted by Crippen LogP contribution is 2.11. The summed E-state index contributed by atoms with van der Waals surface area (Å²) in [5, 5.41) is 0. The summed E-state index contributed by atoms with van der Waals surface area (Å²) in [6.07, 6.45) is 3.93. The van der Waals surface area contributed by atoms with Gasteiger partial charge < -0.3 is 38.2 Å². The highest BCUT2D eigenvalue weighted by Gasteiger charge is 2.23. The molecule has 0 spiro atoms. The predicted octanol–water partition coefficient (Wildman–Crippen LogP) is 3.66. The van der Waals surface area contributed by atoms with Gasteiger partial charge in [0.2, 0.25) is 0 Å². The van der Waals surface area contributed by atoms with Crippen molar-refractivity contribution >= 4 is 12.0 Å². The molecule has 2 aromatic carbocycles. The maximum Gasteiger partial charge on any atom is 0.434 e. The monoisotopic (exact) mass is 673 g/mol. The molecular weight excluding hydrogens is 618 g/mol. The van der Waals surface area contributed by atoms with Crippen LogP contribution in [0.4, 0.5) is 4.79 Å². The highest BCUT2D eigenvalue weighted by molar-refractivity contribution is 5.79. The quantitative estimate of drug-likeness (QED) is 0.124. The number of piperazine rings is 1. The van der Waals surface area contributed by atoms with Crippen LogP contribution in [0.1, 0.15) is 36.5 Å². The van der Waals surface area contributed by atoms with E-state index >= 15 is 0 Å². The topological polar surface area (TPSA) is 117 Å². The number of nitrogens with one attached hydrogen (secondary N) is 1. The first-order valence-electron chi connectivity index (χ1n) is 17.2. The summed E-state index contributed by atoms with van der Waals surface area (Å²) in [5.41, 5.74) is 5.79. The van der Waals surface area contributed by atoms with Crippen LogP contribution >= 0.6 is 0 Å². The molecule has 2 aromatic rings. The minimum absolute atomic E-state index is 0.144. The lowest BCUT2D eigenvalue weighted by Gasteiger charge is -2.33. The van der Waals surface area contributed by atoms with E-state index in [1.165, 1.54) is 11.1 Å². The first-order chi connectivity index (χ1) is 23.6. The fraction of sp³-hybridized carbons (Fsp3) is 0.611. The molecule has 0 unspecified atom stereocenters. The SMILES string of the molecule is CCOCCOCCOCCOCCOCCOCN1CCN(C(=O)ONC(=O)Cc2ccc(CCCCc3ccccc3)cc2)CC1. The van der Waals surface area contributed by atoms with E-state index in [0.717, 1.165) is 31.2 Å². The summed E-state index contributed by atoms with van der Waals surface area (Å²) in [6.45, 7) is 10.6. The highest BCUT2D eigenvalue weighted by atomic mass is 16.7. The first-order valence-corrected chi connectivity index (χ1v) is 17.2. The van der Waals surface area contributed by atoms with Crippen molar-refractivity contribution in [3.8, 4) is 0 Å². The van der Waals surface area contributed by atoms with Crippen molar-refractivity contribution in [2.75, 3.05) is 106 Å². The third-order valence-corrected chi connectivity index (χ3v) is 7.63. The third-order valence-electron chi connectivity index (χ3n) is 7.63. The van der Waals surface area contributed by atoms with Crippen LogP contribution in [0.3, 0.4) is 0 Å². The van der Waals surface area contributed by atoms with Crippen molar-refractivity contribution in [2.45, 2.75) is 39.0 Å². The van der Waals surface area contributed by atoms with Gasteiger partial charge in [0.1, 0.15) is 0 Å². The molecule has 3 rings (SSSR count). The lowest BCUT2D eigenvalue weighted by molar-refractivity contribution is -0.129. The lowest BCUT2D eigenvalue weighted by Crippen LogP contribution is -2.50. The molecule has 0 aromatic heterocycles. The summed E-state index contributed by atoms with van der Waals surface area (Å²) in [4.78, 5) is 33.6. The van der Waals surface area contributed by atoms with E-state index in [1.54, 1.807) is 4.90 Å². The Morgan fingerprint density at radius 2 is 1.08 bits per heavy atom. The van der Waals surface area contributed by atoms with E-state index < -0.39 is 6.09 Å². The fourth-order valence-electron chi connectivity index (χ4n) is 4.91. The number of carbonyl (C=O) groups excluding carboxylic acids is 2. The molecule has 12 heteroatoms. The summed E-state index contributed by atoms with van der Waals surface area (Å²) in [5.74, 6) is -0.361. The second kappa shape index (κ2) is 25.9. The van der Waals surface area contributed by atoms with E-state index in [9.17, 15) is 9.59 Å². The summed E-state index contributed by atoms with van der Waals surface area (Å²) in [7, 11) is 0. The Morgan fingerprint density at radius 1 is 0.604 bits per heavy atom. The van der Waals surface area contributed by atoms with Crippen LogP contribution in [0, 0.1) is 0 Å². The molecule has 12 nitrogen and oxygen atoms in total. The number of ether oxygens (including phenoxy) is 6. The smallest absolute Gasteiger partial charge is 0.379 e. The number of hydroxylamine groups is 1. The molecule has 1 heterocycles. The van der Waals surface area contributed by atoms with Crippen LogP contribution in [0.15, 0.2) is 54.6 Å². The molecule has 0 radical (unpaired) electrons. The molecule has 268 valence electrons. The number of unbranched alkanes of at least 4 members (excludes halogenated alkanes) is 1. The van der Waals surface area contributed by atoms with E-state index in [-0.39, 0.29) is 12.3 Å². The van der Waals surface area contributed by atoms with Gasteiger partial charge in [-0.25, -0.2) is 4.79 Å². The Labute approximate surface area is 285 Å². The maximum atomic E-state index is 12.4. The van der Waals surface area contributed by atoms with E-state index in [0.29, 0.717) is 106 Å². The van der Waals surface area contributed by atoms with Gasteiger partial charge in [0.05, 0.1) is 79.2 Å². The van der Waals surface area contributed by atoms with Crippen molar-refractivity contribution in [2.24, 2.45) is 0 Å². The van der Waals surface area contributed by atoms with Gasteiger partial charge in [-0.1, -0.05) is 54.6 Å². The Hall–Kier alpha value is -3.10. The summed E-state index contributed by atoms with van der Waals surface area (Å²) in [6, 6.07) is 18.6. The molecule has 2 amide bonds. The van der Waals surface area contributed by atoms with Crippen LogP contribution in [0.2, 0.25) is 0 Å². The van der Waals surface area contributed by atoms with Gasteiger partial charge in [-0.2, -0.15) is 5.48 Å². The normalized spacial score (nSPS) is 13.5. The number of hydrogen-bond acceptors (Lipinski definition) is 10. The molecule has 1 saturated heterocycles. The maximum absolute atomic E-state index is 12.4. The van der Waals surface area contributed by atoms with Crippen molar-refractivity contribution in [1.29, 1.82) is 0 Å². The number of rotatable bonds is 25. The Kier molecular flexibility index (Phi) is 21.2. The van der Waals surface area contributed by atoms with Gasteiger partial charge in [-0.05, 0) is 49.3 Å². The van der Waals surface area contributed by atoms with Gasteiger partial charge in [-0.3, -0.25) is 9.69 Å². The second-order valence-electron chi connectivity index (χ2n) is 11.4. The molecule has 1 fully saturated rings. The zero-order chi connectivity index (χ0) is 33.9. The minimum Gasteiger partial charge on any atom is -0.379 e. The standard InChI is InChI=1S/C36H55N3O9/c1-2-42-20-21-43-22-23-44-24-25-45-26-27-46-28-29-47-31-38-16-18-39(19-17-38)36(41)48-37-35(40)30-34-14-12-33(13-15-34)11-7-6-10-32-8-4-3-5-9-32/h3-5,8-9,12-15H,2,6-7,10-11,16-31H2,1H3,(H,37,40). The number of hydrogen-bond donors (Lipinski definition) is 1. The van der Waals surface area contributed by atoms with E-state index in [4.69, 9.17) is 33.3 Å². The van der Waals surface area contributed by atoms with Gasteiger partial charge >= 0.3 is 6.09 Å². The van der Waals surface area contributed by atoms with Crippen molar-refractivity contribution in [1.82, 2.24) is 15.3 Å². The number of amides is 2. The van der Waals surface area contributed by atoms with Crippen LogP contribution in [-0.2, 0) is 57.3 Å². The Bertz CT molecular complexity index is 1100. The van der Waals surface area contributed by atoms with Gasteiger partial charge in [0.25, 0.3) is 5.91 Å². The zero-order valence-electron chi connectivity index (χ0n) is 28.6. The van der Waals surface area contributed by atoms with E-state index in [1.807, 2.05) is 25.1 Å². The largest absolute Gasteiger partial charge is 0.434 e. The van der Waals surface area contributed by atoms with Crippen molar-refractivity contribution < 1.29 is 42.8 Å². The molecule has 0 atom stereocenters. The molecule has 1 N–H and O–H groups in total. The second-order valence-corrected chi connectivity index (χ2v) is 11.4. The number of carbonyl (C=O) groups is 2. The Balaban J connectivity index is 1.10. The molecular formula is C36H55N3O9. The van der Waals surface area contributed by atoms with Crippen LogP contribution in [0.25, 0.3) is 0 Å². The van der Waals surface area contributed by atoms with Gasteiger partial charge in [0, 0.05) is 32.8 Å². The molecule has 0 bridgehead atoms.